The van der Waals surface area contributed by atoms with Crippen LogP contribution < -0.4 is 15.2 Å². The quantitative estimate of drug-likeness (QED) is 0.325. The molecule has 0 spiro atoms. The maximum Gasteiger partial charge on any atom is 0.439 e. The number of fused-ring (bicyclic) bond motifs is 3. The molecule has 0 amide bonds. The second-order valence-electron chi connectivity index (χ2n) is 9.93. The van der Waals surface area contributed by atoms with Crippen LogP contribution in [0.25, 0.3) is 16.8 Å². The highest BCUT2D eigenvalue weighted by molar-refractivity contribution is 5.99. The summed E-state index contributed by atoms with van der Waals surface area (Å²) in [4.78, 5) is 19.2. The lowest BCUT2D eigenvalue weighted by molar-refractivity contribution is 0.305. The lowest BCUT2D eigenvalue weighted by atomic mass is 9.89. The number of ether oxygens (including phenoxy) is 2. The molecular weight excluding hydrogens is 499 g/mol. The van der Waals surface area contributed by atoms with Crippen molar-refractivity contribution in [2.75, 3.05) is 7.04 Å². The van der Waals surface area contributed by atoms with Crippen LogP contribution in [0.3, 0.4) is 0 Å². The smallest absolute Gasteiger partial charge is 0.439 e. The molecule has 39 heavy (non-hydrogen) atoms. The summed E-state index contributed by atoms with van der Waals surface area (Å²) in [7, 11) is -2.59. The monoisotopic (exact) mass is 527 g/mol. The third-order valence-electron chi connectivity index (χ3n) is 7.40. The molecule has 5 aromatic rings. The van der Waals surface area contributed by atoms with Crippen LogP contribution in [0, 0.1) is 5.82 Å². The highest BCUT2D eigenvalue weighted by Gasteiger charge is 2.31. The van der Waals surface area contributed by atoms with Crippen LogP contribution in [0.2, 0.25) is 0 Å². The number of benzene rings is 2. The summed E-state index contributed by atoms with van der Waals surface area (Å²) >= 11 is 0. The molecule has 2 aliphatic rings. The van der Waals surface area contributed by atoms with Crippen LogP contribution in [-0.2, 0) is 13.0 Å². The number of allylic oxidation sites excluding steroid dienone is 1. The molecule has 8 nitrogen and oxygen atoms in total. The van der Waals surface area contributed by atoms with Crippen molar-refractivity contribution >= 4 is 16.8 Å². The van der Waals surface area contributed by atoms with E-state index in [1.165, 1.54) is 12.1 Å². The zero-order valence-corrected chi connectivity index (χ0v) is 21.0. The van der Waals surface area contributed by atoms with Crippen LogP contribution in [0.4, 0.5) is 4.39 Å². The molecule has 0 unspecified atom stereocenters. The molecule has 7 rings (SSSR count). The lowest BCUT2D eigenvalue weighted by Crippen LogP contribution is -2.02. The van der Waals surface area contributed by atoms with Gasteiger partial charge in [-0.15, -0.1) is 0 Å². The fourth-order valence-electron chi connectivity index (χ4n) is 5.40. The van der Waals surface area contributed by atoms with E-state index >= 15 is 0 Å². The van der Waals surface area contributed by atoms with Gasteiger partial charge >= 0.3 is 5.76 Å². The summed E-state index contributed by atoms with van der Waals surface area (Å²) in [5, 5.41) is 3.87. The van der Waals surface area contributed by atoms with Crippen molar-refractivity contribution in [2.24, 2.45) is 0 Å². The van der Waals surface area contributed by atoms with Crippen molar-refractivity contribution in [1.82, 2.24) is 19.5 Å². The number of imidazole rings is 1. The van der Waals surface area contributed by atoms with E-state index in [1.54, 1.807) is 18.2 Å². The van der Waals surface area contributed by atoms with Gasteiger partial charge in [0.05, 0.1) is 22.5 Å². The first kappa shape index (κ1) is 20.3. The number of nitrogens with zero attached hydrogens (tertiary/aromatic N) is 3. The molecule has 2 aromatic carbocycles. The van der Waals surface area contributed by atoms with Crippen molar-refractivity contribution in [3.8, 4) is 11.5 Å². The van der Waals surface area contributed by atoms with Gasteiger partial charge in [0.15, 0.2) is 17.2 Å². The predicted molar refractivity (Wildman–Crippen MR) is 142 cm³/mol. The first-order valence-corrected chi connectivity index (χ1v) is 12.7. The van der Waals surface area contributed by atoms with E-state index in [0.29, 0.717) is 34.9 Å². The molecule has 1 saturated carbocycles. The minimum absolute atomic E-state index is 0.199. The average molecular weight is 528 g/mol. The summed E-state index contributed by atoms with van der Waals surface area (Å²) in [5.41, 5.74) is 7.17. The molecule has 1 fully saturated rings. The molecule has 1 aliphatic carbocycles. The number of nitrogens with one attached hydrogen (secondary N) is 1. The third-order valence-corrected chi connectivity index (χ3v) is 7.40. The predicted octanol–water partition coefficient (Wildman–Crippen LogP) is 5.50. The Labute approximate surface area is 226 Å². The molecular formula is C30H25FN4O4. The second-order valence-corrected chi connectivity index (χ2v) is 9.93. The number of hydrogen-bond acceptors (Lipinski definition) is 6. The Balaban J connectivity index is 1.33. The Morgan fingerprint density at radius 2 is 2.10 bits per heavy atom. The minimum atomic E-state index is -2.59. The van der Waals surface area contributed by atoms with Gasteiger partial charge in [0.25, 0.3) is 0 Å². The van der Waals surface area contributed by atoms with E-state index in [-0.39, 0.29) is 18.2 Å². The zero-order valence-electron chi connectivity index (χ0n) is 24.0. The van der Waals surface area contributed by atoms with Gasteiger partial charge in [-0.2, -0.15) is 0 Å². The van der Waals surface area contributed by atoms with Gasteiger partial charge in [-0.3, -0.25) is 9.51 Å². The first-order chi connectivity index (χ1) is 20.1. The lowest BCUT2D eigenvalue weighted by Gasteiger charge is -2.14. The number of hydrogen-bond donors (Lipinski definition) is 1. The summed E-state index contributed by atoms with van der Waals surface area (Å²) in [5.74, 6) is 0.0913. The van der Waals surface area contributed by atoms with E-state index in [2.05, 4.69) is 16.2 Å². The molecule has 0 atom stereocenters. The Morgan fingerprint density at radius 3 is 2.90 bits per heavy atom. The van der Waals surface area contributed by atoms with Gasteiger partial charge < -0.3 is 13.9 Å². The van der Waals surface area contributed by atoms with Gasteiger partial charge in [-0.05, 0) is 66.3 Å². The molecule has 9 heteroatoms. The summed E-state index contributed by atoms with van der Waals surface area (Å²) in [6.07, 6.45) is 4.46. The topological polar surface area (TPSA) is 94.6 Å². The van der Waals surface area contributed by atoms with Crippen LogP contribution in [-0.4, -0.2) is 26.6 Å². The van der Waals surface area contributed by atoms with E-state index in [1.807, 2.05) is 29.7 Å². The summed E-state index contributed by atoms with van der Waals surface area (Å²) < 4.78 is 54.9. The maximum atomic E-state index is 14.2. The number of halogens is 1. The molecule has 0 bridgehead atoms. The number of aromatic nitrogens is 4. The van der Waals surface area contributed by atoms with Crippen molar-refractivity contribution < 1.29 is 22.5 Å². The van der Waals surface area contributed by atoms with E-state index < -0.39 is 18.6 Å². The fraction of sp³-hybridized carbons (Fsp3) is 0.233. The largest absolute Gasteiger partial charge is 0.493 e. The molecule has 0 radical (unpaired) electrons. The van der Waals surface area contributed by atoms with Crippen LogP contribution in [0.5, 0.6) is 11.5 Å². The van der Waals surface area contributed by atoms with Crippen LogP contribution in [0.15, 0.2) is 64.0 Å². The molecule has 1 N–H and O–H groups in total. The SMILES string of the molecule is [2H]C([2H])([2H])Oc1cccn2c(Cc3ccc4c(c3)COc3cc(F)ccc3/C4=C(\C)c3noc(=O)[nH]3)c(C3CC3)nc12. The van der Waals surface area contributed by atoms with Crippen LogP contribution in [0.1, 0.15) is 69.3 Å². The van der Waals surface area contributed by atoms with Crippen molar-refractivity contribution in [1.29, 1.82) is 0 Å². The van der Waals surface area contributed by atoms with Gasteiger partial charge in [0.1, 0.15) is 18.2 Å². The number of aromatic amines is 1. The summed E-state index contributed by atoms with van der Waals surface area (Å²) in [6, 6.07) is 13.8. The van der Waals surface area contributed by atoms with Gasteiger partial charge in [-0.25, -0.2) is 14.2 Å². The fourth-order valence-corrected chi connectivity index (χ4v) is 5.40. The minimum Gasteiger partial charge on any atom is -0.493 e. The summed E-state index contributed by atoms with van der Waals surface area (Å²) in [6.45, 7) is 2.02. The van der Waals surface area contributed by atoms with Gasteiger partial charge in [0, 0.05) is 35.7 Å². The number of pyridine rings is 1. The molecule has 3 aromatic heterocycles. The van der Waals surface area contributed by atoms with Crippen molar-refractivity contribution in [3.63, 3.8) is 0 Å². The maximum absolute atomic E-state index is 14.2. The van der Waals surface area contributed by atoms with E-state index in [0.717, 1.165) is 46.5 Å². The van der Waals surface area contributed by atoms with Gasteiger partial charge in [-0.1, -0.05) is 23.4 Å². The number of H-pyrrole nitrogens is 1. The Kier molecular flexibility index (Phi) is 4.68. The Bertz CT molecular complexity index is 1950. The third kappa shape index (κ3) is 4.01. The van der Waals surface area contributed by atoms with E-state index in [9.17, 15) is 9.18 Å². The zero-order chi connectivity index (χ0) is 29.2. The molecule has 0 saturated heterocycles. The molecule has 4 heterocycles. The number of rotatable bonds is 5. The Morgan fingerprint density at radius 1 is 1.23 bits per heavy atom. The van der Waals surface area contributed by atoms with Crippen molar-refractivity contribution in [2.45, 2.75) is 38.7 Å². The first-order valence-electron chi connectivity index (χ1n) is 14.2. The van der Waals surface area contributed by atoms with Crippen molar-refractivity contribution in [3.05, 3.63) is 111 Å². The Hall–Kier alpha value is -4.66. The molecule has 1 aliphatic heterocycles. The van der Waals surface area contributed by atoms with E-state index in [4.69, 9.17) is 23.1 Å². The average Bonchev–Trinajstić information content (AvgIpc) is 3.62. The second kappa shape index (κ2) is 8.97. The number of methoxy groups -OCH3 is 1. The standard InChI is InChI=1S/C30H25FN4O4/c1-16(28-33-30(36)39-34-28)26-21-9-5-17(12-19(21)15-38-25-14-20(31)8-10-22(25)26)13-23-27(18-6-7-18)32-29-24(37-2)4-3-11-35(23)29/h3-5,8-12,14,18H,6-7,13,15H2,1-2H3,(H,33,34,36)/b26-16+/i2D3. The normalized spacial score (nSPS) is 17.3. The highest BCUT2D eigenvalue weighted by atomic mass is 19.1. The van der Waals surface area contributed by atoms with Crippen LogP contribution >= 0.6 is 0 Å². The highest BCUT2D eigenvalue weighted by Crippen LogP contribution is 2.44. The molecule has 196 valence electrons. The van der Waals surface area contributed by atoms with Gasteiger partial charge in [0.2, 0.25) is 0 Å².